The van der Waals surface area contributed by atoms with E-state index in [9.17, 15) is 9.59 Å². The second kappa shape index (κ2) is 8.39. The predicted molar refractivity (Wildman–Crippen MR) is 134 cm³/mol. The van der Waals surface area contributed by atoms with E-state index >= 15 is 0 Å². The van der Waals surface area contributed by atoms with Crippen LogP contribution in [-0.2, 0) is 7.05 Å². The smallest absolute Gasteiger partial charge is 0.265 e. The van der Waals surface area contributed by atoms with Gasteiger partial charge in [-0.25, -0.2) is 9.97 Å². The Hall–Kier alpha value is -4.04. The normalized spacial score (nSPS) is 11.2. The summed E-state index contributed by atoms with van der Waals surface area (Å²) in [5.74, 6) is -0.126. The van der Waals surface area contributed by atoms with Gasteiger partial charge in [-0.05, 0) is 26.3 Å². The quantitative estimate of drug-likeness (QED) is 0.375. The summed E-state index contributed by atoms with van der Waals surface area (Å²) in [7, 11) is 1.58. The van der Waals surface area contributed by atoms with E-state index in [2.05, 4.69) is 34.6 Å². The zero-order valence-corrected chi connectivity index (χ0v) is 20.0. The monoisotopic (exact) mass is 470 g/mol. The van der Waals surface area contributed by atoms with Gasteiger partial charge < -0.3 is 8.98 Å². The number of anilines is 1. The van der Waals surface area contributed by atoms with E-state index in [4.69, 9.17) is 9.40 Å². The Bertz CT molecular complexity index is 1530. The molecular weight excluding hydrogens is 448 g/mol. The maximum absolute atomic E-state index is 13.3. The highest BCUT2D eigenvalue weighted by Gasteiger charge is 2.24. The number of aromatic nitrogens is 3. The predicted octanol–water partition coefficient (Wildman–Crippen LogP) is 5.49. The summed E-state index contributed by atoms with van der Waals surface area (Å²) in [5, 5.41) is 3.48. The number of benzene rings is 2. The number of carbonyl (C=O) groups excluding carboxylic acids is 1. The van der Waals surface area contributed by atoms with E-state index in [1.807, 2.05) is 38.1 Å². The molecule has 0 unspecified atom stereocenters. The molecule has 1 amide bonds. The van der Waals surface area contributed by atoms with E-state index < -0.39 is 5.91 Å². The van der Waals surface area contributed by atoms with Crippen LogP contribution < -0.4 is 10.9 Å². The molecule has 5 aromatic rings. The van der Waals surface area contributed by atoms with Crippen LogP contribution in [0, 0.1) is 20.8 Å². The number of nitrogens with zero attached hydrogens (tertiary/aromatic N) is 3. The molecule has 7 nitrogen and oxygen atoms in total. The van der Waals surface area contributed by atoms with Crippen LogP contribution in [0.25, 0.3) is 32.8 Å². The lowest BCUT2D eigenvalue weighted by atomic mass is 10.0. The molecule has 0 bridgehead atoms. The van der Waals surface area contributed by atoms with E-state index in [1.165, 1.54) is 22.2 Å². The summed E-state index contributed by atoms with van der Waals surface area (Å²) in [5.41, 5.74) is 5.06. The van der Waals surface area contributed by atoms with Crippen molar-refractivity contribution >= 4 is 33.5 Å². The fourth-order valence-electron chi connectivity index (χ4n) is 3.80. The molecule has 0 aliphatic heterocycles. The number of aryl methyl sites for hydroxylation is 4. The van der Waals surface area contributed by atoms with Crippen LogP contribution in [0.15, 0.2) is 64.1 Å². The van der Waals surface area contributed by atoms with Gasteiger partial charge in [0.25, 0.3) is 11.5 Å². The lowest BCUT2D eigenvalue weighted by Crippen LogP contribution is -2.20. The Morgan fingerprint density at radius 1 is 0.971 bits per heavy atom. The molecule has 0 fully saturated rings. The molecule has 0 radical (unpaired) electrons. The Kier molecular flexibility index (Phi) is 5.37. The summed E-state index contributed by atoms with van der Waals surface area (Å²) in [6.07, 6.45) is 1.37. The summed E-state index contributed by atoms with van der Waals surface area (Å²) in [6.45, 7) is 5.72. The second-order valence-electron chi connectivity index (χ2n) is 8.26. The van der Waals surface area contributed by atoms with Gasteiger partial charge in [0.2, 0.25) is 5.71 Å². The lowest BCUT2D eigenvalue weighted by Gasteiger charge is -2.04. The first kappa shape index (κ1) is 21.8. The molecule has 0 atom stereocenters. The number of amides is 1. The van der Waals surface area contributed by atoms with Crippen molar-refractivity contribution in [1.29, 1.82) is 0 Å². The minimum Gasteiger partial charge on any atom is -0.442 e. The third-order valence-corrected chi connectivity index (χ3v) is 6.68. The maximum Gasteiger partial charge on any atom is 0.265 e. The average molecular weight is 471 g/mol. The summed E-state index contributed by atoms with van der Waals surface area (Å²) >= 11 is 1.39. The van der Waals surface area contributed by atoms with Gasteiger partial charge in [0.05, 0.1) is 16.1 Å². The van der Waals surface area contributed by atoms with E-state index in [0.29, 0.717) is 10.9 Å². The van der Waals surface area contributed by atoms with E-state index in [-0.39, 0.29) is 22.2 Å². The zero-order valence-electron chi connectivity index (χ0n) is 19.2. The van der Waals surface area contributed by atoms with Crippen LogP contribution in [0.3, 0.4) is 0 Å². The first-order valence-corrected chi connectivity index (χ1v) is 11.5. The molecule has 0 aliphatic rings. The number of nitrogens with one attached hydrogen (secondary N) is 1. The van der Waals surface area contributed by atoms with Crippen molar-refractivity contribution in [3.63, 3.8) is 0 Å². The van der Waals surface area contributed by atoms with Crippen molar-refractivity contribution in [2.24, 2.45) is 7.05 Å². The van der Waals surface area contributed by atoms with Crippen LogP contribution in [0.5, 0.6) is 0 Å². The van der Waals surface area contributed by atoms with E-state index in [0.717, 1.165) is 32.8 Å². The van der Waals surface area contributed by atoms with Gasteiger partial charge >= 0.3 is 0 Å². The van der Waals surface area contributed by atoms with Gasteiger partial charge in [0, 0.05) is 12.6 Å². The maximum atomic E-state index is 13.3. The van der Waals surface area contributed by atoms with Crippen molar-refractivity contribution in [3.05, 3.63) is 87.7 Å². The minimum atomic E-state index is -0.457. The summed E-state index contributed by atoms with van der Waals surface area (Å²) in [6, 6.07) is 16.3. The minimum absolute atomic E-state index is 0.144. The molecule has 3 heterocycles. The number of hydrogen-bond donors (Lipinski definition) is 1. The Balaban J connectivity index is 1.59. The average Bonchev–Trinajstić information content (AvgIpc) is 3.38. The molecule has 0 saturated heterocycles. The third-order valence-electron chi connectivity index (χ3n) is 5.66. The molecule has 2 aromatic carbocycles. The van der Waals surface area contributed by atoms with Crippen molar-refractivity contribution in [1.82, 2.24) is 14.5 Å². The Morgan fingerprint density at radius 2 is 1.59 bits per heavy atom. The Morgan fingerprint density at radius 3 is 2.24 bits per heavy atom. The van der Waals surface area contributed by atoms with Crippen molar-refractivity contribution in [3.8, 4) is 21.7 Å². The van der Waals surface area contributed by atoms with Crippen LogP contribution in [0.1, 0.15) is 27.2 Å². The highest BCUT2D eigenvalue weighted by atomic mass is 32.1. The fourth-order valence-corrected chi connectivity index (χ4v) is 4.79. The van der Waals surface area contributed by atoms with Gasteiger partial charge in [-0.15, -0.1) is 0 Å². The fraction of sp³-hybridized carbons (Fsp3) is 0.154. The molecule has 1 N–H and O–H groups in total. The molecule has 0 spiro atoms. The number of carbonyl (C=O) groups is 1. The van der Waals surface area contributed by atoms with Crippen LogP contribution >= 0.6 is 11.3 Å². The third kappa shape index (κ3) is 3.82. The van der Waals surface area contributed by atoms with E-state index in [1.54, 1.807) is 14.0 Å². The number of furan rings is 1. The Labute approximate surface area is 199 Å². The molecule has 3 aromatic heterocycles. The number of fused-ring (bicyclic) bond motifs is 1. The molecule has 0 aliphatic carbocycles. The molecule has 170 valence electrons. The first-order valence-electron chi connectivity index (χ1n) is 10.7. The largest absolute Gasteiger partial charge is 0.442 e. The van der Waals surface area contributed by atoms with Gasteiger partial charge in [0.15, 0.2) is 5.13 Å². The molecule has 5 rings (SSSR count). The van der Waals surface area contributed by atoms with Gasteiger partial charge in [-0.3, -0.25) is 14.9 Å². The lowest BCUT2D eigenvalue weighted by molar-refractivity contribution is 0.102. The highest BCUT2D eigenvalue weighted by molar-refractivity contribution is 7.19. The topological polar surface area (TPSA) is 90.0 Å². The van der Waals surface area contributed by atoms with Crippen molar-refractivity contribution < 1.29 is 9.21 Å². The van der Waals surface area contributed by atoms with Crippen LogP contribution in [-0.4, -0.2) is 20.4 Å². The van der Waals surface area contributed by atoms with Crippen LogP contribution in [0.2, 0.25) is 0 Å². The van der Waals surface area contributed by atoms with Gasteiger partial charge in [-0.1, -0.05) is 71.0 Å². The van der Waals surface area contributed by atoms with Crippen molar-refractivity contribution in [2.45, 2.75) is 20.8 Å². The van der Waals surface area contributed by atoms with Crippen molar-refractivity contribution in [2.75, 3.05) is 5.32 Å². The summed E-state index contributed by atoms with van der Waals surface area (Å²) < 4.78 is 6.90. The van der Waals surface area contributed by atoms with Crippen LogP contribution in [0.4, 0.5) is 5.13 Å². The zero-order chi connectivity index (χ0) is 24.0. The number of rotatable bonds is 4. The van der Waals surface area contributed by atoms with Gasteiger partial charge in [-0.2, -0.15) is 0 Å². The SMILES string of the molecule is Cc1ccc(-c2nc(NC(=O)c3c(C)oc4ncn(C)c(=O)c34)sc2-c2ccc(C)cc2)cc1. The standard InChI is InChI=1S/C26H22N4O3S/c1-14-5-9-17(10-6-14)21-22(18-11-7-15(2)8-12-18)34-26(28-21)29-23(31)19-16(3)33-24-20(19)25(32)30(4)13-27-24/h5-13H,1-4H3,(H,28,29,31). The molecule has 34 heavy (non-hydrogen) atoms. The number of hydrogen-bond acceptors (Lipinski definition) is 6. The molecular formula is C26H22N4O3S. The van der Waals surface area contributed by atoms with Gasteiger partial charge in [0.1, 0.15) is 17.5 Å². The summed E-state index contributed by atoms with van der Waals surface area (Å²) in [4.78, 5) is 35.8. The highest BCUT2D eigenvalue weighted by Crippen LogP contribution is 2.39. The number of thiazole rings is 1. The first-order chi connectivity index (χ1) is 16.3. The second-order valence-corrected chi connectivity index (χ2v) is 9.26. The molecule has 0 saturated carbocycles. The molecule has 8 heteroatoms.